The Morgan fingerprint density at radius 2 is 1.67 bits per heavy atom. The van der Waals surface area contributed by atoms with Crippen LogP contribution in [0, 0.1) is 11.8 Å². The molecule has 3 atom stereocenters. The lowest BCUT2D eigenvalue weighted by atomic mass is 9.91. The molecule has 0 bridgehead atoms. The summed E-state index contributed by atoms with van der Waals surface area (Å²) >= 11 is 0. The summed E-state index contributed by atoms with van der Waals surface area (Å²) < 4.78 is 0. The number of carbonyl (C=O) groups is 1. The molecule has 2 aliphatic carbocycles. The summed E-state index contributed by atoms with van der Waals surface area (Å²) in [6.45, 7) is 3.32. The molecule has 1 saturated heterocycles. The van der Waals surface area contributed by atoms with Crippen LogP contribution in [-0.4, -0.2) is 29.9 Å². The van der Waals surface area contributed by atoms with E-state index in [2.05, 4.69) is 64.8 Å². The number of likely N-dealkylation sites (tertiary alicyclic amines) is 1. The van der Waals surface area contributed by atoms with Crippen LogP contribution in [0.1, 0.15) is 61.1 Å². The third-order valence-electron chi connectivity index (χ3n) is 7.73. The molecule has 1 heterocycles. The van der Waals surface area contributed by atoms with E-state index in [1.165, 1.54) is 55.3 Å². The zero-order chi connectivity index (χ0) is 20.3. The minimum absolute atomic E-state index is 0.215. The first kappa shape index (κ1) is 19.8. The van der Waals surface area contributed by atoms with Crippen LogP contribution in [0.4, 0.5) is 0 Å². The van der Waals surface area contributed by atoms with Gasteiger partial charge in [-0.05, 0) is 60.1 Å². The molecule has 0 spiro atoms. The normalized spacial score (nSPS) is 26.7. The maximum Gasteiger partial charge on any atom is 0.224 e. The highest BCUT2D eigenvalue weighted by Crippen LogP contribution is 2.39. The van der Waals surface area contributed by atoms with Gasteiger partial charge in [-0.25, -0.2) is 0 Å². The molecular formula is C27H34N2O. The maximum absolute atomic E-state index is 13.0. The average molecular weight is 403 g/mol. The number of nitrogens with one attached hydrogen (secondary N) is 1. The molecule has 2 saturated carbocycles. The van der Waals surface area contributed by atoms with E-state index in [1.54, 1.807) is 0 Å². The topological polar surface area (TPSA) is 32.3 Å². The monoisotopic (exact) mass is 402 g/mol. The molecule has 3 aliphatic rings. The van der Waals surface area contributed by atoms with Crippen molar-refractivity contribution in [3.8, 4) is 0 Å². The molecule has 1 amide bonds. The fraction of sp³-hybridized carbons (Fsp3) is 0.519. The van der Waals surface area contributed by atoms with Crippen LogP contribution < -0.4 is 5.32 Å². The van der Waals surface area contributed by atoms with Crippen molar-refractivity contribution in [2.75, 3.05) is 13.1 Å². The van der Waals surface area contributed by atoms with Gasteiger partial charge in [-0.3, -0.25) is 9.69 Å². The Balaban J connectivity index is 1.18. The molecule has 1 N–H and O–H groups in total. The highest BCUT2D eigenvalue weighted by molar-refractivity contribution is 5.79. The van der Waals surface area contributed by atoms with Gasteiger partial charge in [0.05, 0.1) is 6.42 Å². The van der Waals surface area contributed by atoms with Gasteiger partial charge >= 0.3 is 0 Å². The van der Waals surface area contributed by atoms with Crippen LogP contribution >= 0.6 is 0 Å². The minimum atomic E-state index is 0.215. The van der Waals surface area contributed by atoms with E-state index in [1.807, 2.05) is 0 Å². The van der Waals surface area contributed by atoms with Crippen LogP contribution in [-0.2, 0) is 17.8 Å². The highest BCUT2D eigenvalue weighted by Gasteiger charge is 2.42. The van der Waals surface area contributed by atoms with Crippen molar-refractivity contribution < 1.29 is 4.79 Å². The van der Waals surface area contributed by atoms with Crippen LogP contribution in [0.3, 0.4) is 0 Å². The lowest BCUT2D eigenvalue weighted by molar-refractivity contribution is -0.121. The second-order valence-electron chi connectivity index (χ2n) is 9.71. The summed E-state index contributed by atoms with van der Waals surface area (Å²) in [5, 5.41) is 3.44. The van der Waals surface area contributed by atoms with Crippen LogP contribution in [0.5, 0.6) is 0 Å². The summed E-state index contributed by atoms with van der Waals surface area (Å²) in [6.07, 6.45) is 8.15. The van der Waals surface area contributed by atoms with Gasteiger partial charge in [0.15, 0.2) is 0 Å². The molecule has 3 unspecified atom stereocenters. The van der Waals surface area contributed by atoms with E-state index in [-0.39, 0.29) is 5.91 Å². The van der Waals surface area contributed by atoms with Crippen LogP contribution in [0.15, 0.2) is 54.6 Å². The minimum Gasteiger partial charge on any atom is -0.353 e. The van der Waals surface area contributed by atoms with Gasteiger partial charge in [-0.1, -0.05) is 67.4 Å². The molecule has 3 fully saturated rings. The Hall–Kier alpha value is -2.13. The number of hydrogen-bond acceptors (Lipinski definition) is 2. The quantitative estimate of drug-likeness (QED) is 0.744. The van der Waals surface area contributed by atoms with Crippen molar-refractivity contribution >= 4 is 5.91 Å². The smallest absolute Gasteiger partial charge is 0.224 e. The number of amides is 1. The molecule has 2 aromatic carbocycles. The molecule has 0 radical (unpaired) electrons. The Bertz CT molecular complexity index is 858. The Morgan fingerprint density at radius 3 is 2.50 bits per heavy atom. The fourth-order valence-corrected chi connectivity index (χ4v) is 6.27. The second kappa shape index (κ2) is 8.93. The first-order chi connectivity index (χ1) is 14.8. The average Bonchev–Trinajstić information content (AvgIpc) is 3.49. The number of benzene rings is 2. The molecule has 2 aromatic rings. The number of carbonyl (C=O) groups excluding carboxylic acids is 1. The third-order valence-corrected chi connectivity index (χ3v) is 7.73. The fourth-order valence-electron chi connectivity index (χ4n) is 6.27. The summed E-state index contributed by atoms with van der Waals surface area (Å²) in [7, 11) is 0. The van der Waals surface area contributed by atoms with Gasteiger partial charge in [0, 0.05) is 25.7 Å². The largest absolute Gasteiger partial charge is 0.353 e. The summed E-state index contributed by atoms with van der Waals surface area (Å²) in [5.74, 6) is 2.23. The number of rotatable bonds is 6. The Morgan fingerprint density at radius 1 is 0.900 bits per heavy atom. The SMILES string of the molecule is O=C(Cc1ccccc1C1CCCC1)NC1CCC2CN(Cc3ccccc3)CC21. The van der Waals surface area contributed by atoms with E-state index in [0.717, 1.165) is 25.4 Å². The lowest BCUT2D eigenvalue weighted by Gasteiger charge is -2.22. The van der Waals surface area contributed by atoms with Crippen molar-refractivity contribution in [3.05, 3.63) is 71.3 Å². The number of nitrogens with zero attached hydrogens (tertiary/aromatic N) is 1. The molecule has 3 nitrogen and oxygen atoms in total. The van der Waals surface area contributed by atoms with E-state index in [0.29, 0.717) is 24.3 Å². The van der Waals surface area contributed by atoms with Gasteiger partial charge in [0.1, 0.15) is 0 Å². The first-order valence-corrected chi connectivity index (χ1v) is 11.9. The van der Waals surface area contributed by atoms with Crippen molar-refractivity contribution in [2.45, 2.75) is 63.5 Å². The second-order valence-corrected chi connectivity index (χ2v) is 9.71. The van der Waals surface area contributed by atoms with Crippen LogP contribution in [0.25, 0.3) is 0 Å². The van der Waals surface area contributed by atoms with E-state index in [4.69, 9.17) is 0 Å². The van der Waals surface area contributed by atoms with Crippen molar-refractivity contribution in [2.24, 2.45) is 11.8 Å². The molecule has 0 aromatic heterocycles. The van der Waals surface area contributed by atoms with Gasteiger partial charge < -0.3 is 5.32 Å². The third kappa shape index (κ3) is 4.32. The van der Waals surface area contributed by atoms with Crippen molar-refractivity contribution in [3.63, 3.8) is 0 Å². The molecule has 30 heavy (non-hydrogen) atoms. The zero-order valence-corrected chi connectivity index (χ0v) is 17.9. The first-order valence-electron chi connectivity index (χ1n) is 11.9. The van der Waals surface area contributed by atoms with Crippen LogP contribution in [0.2, 0.25) is 0 Å². The lowest BCUT2D eigenvalue weighted by Crippen LogP contribution is -2.40. The molecule has 3 heteroatoms. The maximum atomic E-state index is 13.0. The van der Waals surface area contributed by atoms with Gasteiger partial charge in [-0.2, -0.15) is 0 Å². The van der Waals surface area contributed by atoms with Crippen molar-refractivity contribution in [1.82, 2.24) is 10.2 Å². The predicted octanol–water partition coefficient (Wildman–Crippen LogP) is 4.91. The predicted molar refractivity (Wildman–Crippen MR) is 121 cm³/mol. The molecular weight excluding hydrogens is 368 g/mol. The summed E-state index contributed by atoms with van der Waals surface area (Å²) in [4.78, 5) is 15.6. The summed E-state index contributed by atoms with van der Waals surface area (Å²) in [6, 6.07) is 19.8. The molecule has 158 valence electrons. The van der Waals surface area contributed by atoms with Gasteiger partial charge in [-0.15, -0.1) is 0 Å². The number of fused-ring (bicyclic) bond motifs is 1. The Labute approximate surface area is 180 Å². The highest BCUT2D eigenvalue weighted by atomic mass is 16.1. The van der Waals surface area contributed by atoms with E-state index in [9.17, 15) is 4.79 Å². The van der Waals surface area contributed by atoms with Crippen molar-refractivity contribution in [1.29, 1.82) is 0 Å². The van der Waals surface area contributed by atoms with Gasteiger partial charge in [0.25, 0.3) is 0 Å². The molecule has 5 rings (SSSR count). The van der Waals surface area contributed by atoms with E-state index >= 15 is 0 Å². The standard InChI is InChI=1S/C27H34N2O/c30-27(16-22-12-6-7-13-24(22)21-10-4-5-11-21)28-26-15-14-23-18-29(19-25(23)26)17-20-8-2-1-3-9-20/h1-3,6-9,12-13,21,23,25-26H,4-5,10-11,14-19H2,(H,28,30). The number of hydrogen-bond donors (Lipinski definition) is 1. The zero-order valence-electron chi connectivity index (χ0n) is 17.9. The van der Waals surface area contributed by atoms with Gasteiger partial charge in [0.2, 0.25) is 5.91 Å². The summed E-state index contributed by atoms with van der Waals surface area (Å²) in [5.41, 5.74) is 4.06. The molecule has 1 aliphatic heterocycles. The van der Waals surface area contributed by atoms with E-state index < -0.39 is 0 Å². The Kier molecular flexibility index (Phi) is 5.90.